The van der Waals surface area contributed by atoms with Gasteiger partial charge in [-0.25, -0.2) is 0 Å². The molecule has 1 aliphatic heterocycles. The van der Waals surface area contributed by atoms with Crippen molar-refractivity contribution in [3.63, 3.8) is 0 Å². The van der Waals surface area contributed by atoms with E-state index in [0.717, 1.165) is 39.1 Å². The van der Waals surface area contributed by atoms with Gasteiger partial charge in [0.05, 0.1) is 11.3 Å². The van der Waals surface area contributed by atoms with Crippen molar-refractivity contribution in [2.75, 3.05) is 32.7 Å². The van der Waals surface area contributed by atoms with Crippen molar-refractivity contribution in [3.05, 3.63) is 72.1 Å². The molecule has 0 radical (unpaired) electrons. The summed E-state index contributed by atoms with van der Waals surface area (Å²) in [6.45, 7) is 4.28. The summed E-state index contributed by atoms with van der Waals surface area (Å²) in [6.07, 6.45) is 2.55. The summed E-state index contributed by atoms with van der Waals surface area (Å²) < 4.78 is 1.53. The molecule has 0 N–H and O–H groups in total. The number of hydrogen-bond donors (Lipinski definition) is 0. The highest BCUT2D eigenvalue weighted by atomic mass is 16.2. The number of hydrogen-bond acceptors (Lipinski definition) is 5. The fourth-order valence-corrected chi connectivity index (χ4v) is 3.40. The van der Waals surface area contributed by atoms with Crippen LogP contribution in [0.1, 0.15) is 15.9 Å². The van der Waals surface area contributed by atoms with Crippen molar-refractivity contribution in [2.24, 2.45) is 0 Å². The molecule has 0 unspecified atom stereocenters. The molecule has 1 aliphatic rings. The highest BCUT2D eigenvalue weighted by Gasteiger charge is 2.24. The van der Waals surface area contributed by atoms with E-state index in [1.807, 2.05) is 35.2 Å². The minimum absolute atomic E-state index is 0.0313. The van der Waals surface area contributed by atoms with E-state index in [-0.39, 0.29) is 5.91 Å². The lowest BCUT2D eigenvalue weighted by Crippen LogP contribution is -2.49. The quantitative estimate of drug-likeness (QED) is 0.691. The Balaban J connectivity index is 1.37. The van der Waals surface area contributed by atoms with Gasteiger partial charge in [0.2, 0.25) is 0 Å². The molecule has 1 fully saturated rings. The molecule has 2 heterocycles. The smallest absolute Gasteiger partial charge is 0.256 e. The third kappa shape index (κ3) is 4.03. The summed E-state index contributed by atoms with van der Waals surface area (Å²) in [4.78, 5) is 17.4. The second-order valence-corrected chi connectivity index (χ2v) is 6.64. The third-order valence-electron chi connectivity index (χ3n) is 4.95. The highest BCUT2D eigenvalue weighted by Crippen LogP contribution is 2.16. The van der Waals surface area contributed by atoms with Crippen LogP contribution in [-0.4, -0.2) is 68.6 Å². The molecule has 7 heteroatoms. The number of tetrazole rings is 1. The first-order chi connectivity index (χ1) is 13.3. The molecule has 7 nitrogen and oxygen atoms in total. The SMILES string of the molecule is O=C(c1ccccc1-n1cnnn1)N1CCN(CCc2ccccc2)CC1. The largest absolute Gasteiger partial charge is 0.336 e. The van der Waals surface area contributed by atoms with E-state index in [9.17, 15) is 4.79 Å². The normalized spacial score (nSPS) is 15.0. The zero-order valence-electron chi connectivity index (χ0n) is 15.1. The molecule has 0 bridgehead atoms. The van der Waals surface area contributed by atoms with Crippen LogP contribution in [0.15, 0.2) is 60.9 Å². The Morgan fingerprint density at radius 1 is 0.926 bits per heavy atom. The van der Waals surface area contributed by atoms with E-state index in [1.54, 1.807) is 0 Å². The molecular formula is C20H22N6O. The number of carbonyl (C=O) groups is 1. The summed E-state index contributed by atoms with van der Waals surface area (Å²) in [6, 6.07) is 18.0. The monoisotopic (exact) mass is 362 g/mol. The van der Waals surface area contributed by atoms with Gasteiger partial charge in [-0.05, 0) is 34.5 Å². The molecule has 4 rings (SSSR count). The van der Waals surface area contributed by atoms with Crippen LogP contribution in [0.3, 0.4) is 0 Å². The Hall–Kier alpha value is -3.06. The standard InChI is InChI=1S/C20H22N6O/c27-20(18-8-4-5-9-19(18)26-16-21-22-23-26)25-14-12-24(13-15-25)11-10-17-6-2-1-3-7-17/h1-9,16H,10-15H2. The highest BCUT2D eigenvalue weighted by molar-refractivity contribution is 5.97. The molecule has 1 aromatic heterocycles. The van der Waals surface area contributed by atoms with Crippen LogP contribution in [0, 0.1) is 0 Å². The maximum absolute atomic E-state index is 13.0. The Labute approximate surface area is 158 Å². The van der Waals surface area contributed by atoms with Crippen molar-refractivity contribution in [1.82, 2.24) is 30.0 Å². The minimum Gasteiger partial charge on any atom is -0.336 e. The number of carbonyl (C=O) groups excluding carboxylic acids is 1. The van der Waals surface area contributed by atoms with Crippen molar-refractivity contribution in [1.29, 1.82) is 0 Å². The first-order valence-electron chi connectivity index (χ1n) is 9.19. The van der Waals surface area contributed by atoms with E-state index in [1.165, 1.54) is 16.6 Å². The Morgan fingerprint density at radius 3 is 2.41 bits per heavy atom. The van der Waals surface area contributed by atoms with Crippen molar-refractivity contribution >= 4 is 5.91 Å². The molecule has 1 saturated heterocycles. The fraction of sp³-hybridized carbons (Fsp3) is 0.300. The Bertz CT molecular complexity index is 873. The second kappa shape index (κ2) is 8.09. The predicted octanol–water partition coefficient (Wildman–Crippen LogP) is 1.66. The van der Waals surface area contributed by atoms with Crippen LogP contribution in [0.2, 0.25) is 0 Å². The first kappa shape index (κ1) is 17.4. The van der Waals surface area contributed by atoms with Crippen LogP contribution in [0.4, 0.5) is 0 Å². The van der Waals surface area contributed by atoms with Gasteiger partial charge < -0.3 is 4.90 Å². The lowest BCUT2D eigenvalue weighted by Gasteiger charge is -2.35. The number of benzene rings is 2. The van der Waals surface area contributed by atoms with E-state index < -0.39 is 0 Å². The molecule has 0 atom stereocenters. The number of rotatable bonds is 5. The zero-order chi connectivity index (χ0) is 18.5. The van der Waals surface area contributed by atoms with E-state index in [2.05, 4.69) is 44.7 Å². The Kier molecular flexibility index (Phi) is 5.20. The molecule has 0 spiro atoms. The summed E-state index contributed by atoms with van der Waals surface area (Å²) >= 11 is 0. The summed E-state index contributed by atoms with van der Waals surface area (Å²) in [5, 5.41) is 11.3. The van der Waals surface area contributed by atoms with Gasteiger partial charge in [-0.1, -0.05) is 42.5 Å². The second-order valence-electron chi connectivity index (χ2n) is 6.64. The van der Waals surface area contributed by atoms with Gasteiger partial charge >= 0.3 is 0 Å². The van der Waals surface area contributed by atoms with E-state index in [4.69, 9.17) is 0 Å². The number of para-hydroxylation sites is 1. The van der Waals surface area contributed by atoms with Gasteiger partial charge in [-0.3, -0.25) is 9.69 Å². The van der Waals surface area contributed by atoms with Gasteiger partial charge in [0.15, 0.2) is 0 Å². The van der Waals surface area contributed by atoms with Crippen LogP contribution >= 0.6 is 0 Å². The first-order valence-corrected chi connectivity index (χ1v) is 9.19. The number of nitrogens with zero attached hydrogens (tertiary/aromatic N) is 6. The average Bonchev–Trinajstić information content (AvgIpc) is 3.28. The molecule has 3 aromatic rings. The molecule has 138 valence electrons. The Morgan fingerprint density at radius 2 is 1.67 bits per heavy atom. The lowest BCUT2D eigenvalue weighted by atomic mass is 10.1. The molecule has 0 saturated carbocycles. The van der Waals surface area contributed by atoms with Crippen molar-refractivity contribution in [3.8, 4) is 5.69 Å². The number of aromatic nitrogens is 4. The number of amides is 1. The summed E-state index contributed by atoms with van der Waals surface area (Å²) in [7, 11) is 0. The summed E-state index contributed by atoms with van der Waals surface area (Å²) in [5.41, 5.74) is 2.69. The third-order valence-corrected chi connectivity index (χ3v) is 4.95. The molecular weight excluding hydrogens is 340 g/mol. The topological polar surface area (TPSA) is 67.2 Å². The average molecular weight is 362 g/mol. The van der Waals surface area contributed by atoms with Gasteiger partial charge in [-0.15, -0.1) is 5.10 Å². The maximum Gasteiger partial charge on any atom is 0.256 e. The van der Waals surface area contributed by atoms with Crippen molar-refractivity contribution in [2.45, 2.75) is 6.42 Å². The van der Waals surface area contributed by atoms with Gasteiger partial charge in [0.1, 0.15) is 6.33 Å². The van der Waals surface area contributed by atoms with Crippen LogP contribution in [0.25, 0.3) is 5.69 Å². The molecule has 2 aromatic carbocycles. The summed E-state index contributed by atoms with van der Waals surface area (Å²) in [5.74, 6) is 0.0313. The minimum atomic E-state index is 0.0313. The number of piperazine rings is 1. The molecule has 27 heavy (non-hydrogen) atoms. The van der Waals surface area contributed by atoms with Crippen LogP contribution < -0.4 is 0 Å². The molecule has 0 aliphatic carbocycles. The van der Waals surface area contributed by atoms with Crippen molar-refractivity contribution < 1.29 is 4.79 Å². The van der Waals surface area contributed by atoms with E-state index in [0.29, 0.717) is 11.3 Å². The van der Waals surface area contributed by atoms with Crippen LogP contribution in [-0.2, 0) is 6.42 Å². The molecule has 1 amide bonds. The van der Waals surface area contributed by atoms with Gasteiger partial charge in [-0.2, -0.15) is 4.68 Å². The maximum atomic E-state index is 13.0. The fourth-order valence-electron chi connectivity index (χ4n) is 3.40. The predicted molar refractivity (Wildman–Crippen MR) is 102 cm³/mol. The van der Waals surface area contributed by atoms with E-state index >= 15 is 0 Å². The van der Waals surface area contributed by atoms with Gasteiger partial charge in [0.25, 0.3) is 5.91 Å². The van der Waals surface area contributed by atoms with Gasteiger partial charge in [0, 0.05) is 32.7 Å². The lowest BCUT2D eigenvalue weighted by molar-refractivity contribution is 0.0638. The van der Waals surface area contributed by atoms with Crippen LogP contribution in [0.5, 0.6) is 0 Å². The zero-order valence-corrected chi connectivity index (χ0v) is 15.1.